The van der Waals surface area contributed by atoms with Crippen molar-refractivity contribution in [3.05, 3.63) is 12.4 Å². The first kappa shape index (κ1) is 14.5. The molecule has 0 saturated carbocycles. The van der Waals surface area contributed by atoms with Gasteiger partial charge in [0.05, 0.1) is 6.10 Å². The number of nitrogens with one attached hydrogen (secondary N) is 1. The number of hydrogen-bond donors (Lipinski definition) is 1. The van der Waals surface area contributed by atoms with Gasteiger partial charge in [0.25, 0.3) is 0 Å². The van der Waals surface area contributed by atoms with E-state index in [4.69, 9.17) is 4.74 Å². The van der Waals surface area contributed by atoms with Crippen LogP contribution in [0.1, 0.15) is 20.3 Å². The van der Waals surface area contributed by atoms with E-state index in [0.717, 1.165) is 45.1 Å². The molecule has 6 heteroatoms. The zero-order valence-corrected chi connectivity index (χ0v) is 13.0. The van der Waals surface area contributed by atoms with Crippen molar-refractivity contribution in [2.45, 2.75) is 32.4 Å². The molecule has 2 saturated heterocycles. The highest BCUT2D eigenvalue weighted by Gasteiger charge is 2.29. The van der Waals surface area contributed by atoms with Crippen LogP contribution in [0.3, 0.4) is 0 Å². The first-order valence-corrected chi connectivity index (χ1v) is 7.91. The Hall–Kier alpha value is -1.40. The Morgan fingerprint density at radius 1 is 1.24 bits per heavy atom. The highest BCUT2D eigenvalue weighted by atomic mass is 16.5. The monoisotopic (exact) mass is 291 g/mol. The summed E-state index contributed by atoms with van der Waals surface area (Å²) in [6.45, 7) is 10.7. The van der Waals surface area contributed by atoms with Gasteiger partial charge in [0.15, 0.2) is 0 Å². The summed E-state index contributed by atoms with van der Waals surface area (Å²) in [5.41, 5.74) is 0. The number of ether oxygens (including phenoxy) is 1. The van der Waals surface area contributed by atoms with Gasteiger partial charge in [0, 0.05) is 51.4 Å². The number of nitrogens with zero attached hydrogens (tertiary/aromatic N) is 4. The lowest BCUT2D eigenvalue weighted by atomic mass is 10.2. The van der Waals surface area contributed by atoms with E-state index in [2.05, 4.69) is 25.1 Å². The molecule has 0 radical (unpaired) electrons. The Kier molecular flexibility index (Phi) is 4.55. The Morgan fingerprint density at radius 3 is 2.81 bits per heavy atom. The maximum absolute atomic E-state index is 5.66. The molecular weight excluding hydrogens is 266 g/mol. The summed E-state index contributed by atoms with van der Waals surface area (Å²) in [6, 6.07) is 2.61. The molecule has 2 aliphatic rings. The van der Waals surface area contributed by atoms with Gasteiger partial charge in [-0.15, -0.1) is 0 Å². The molecule has 6 nitrogen and oxygen atoms in total. The average Bonchev–Trinajstić information content (AvgIpc) is 2.98. The van der Waals surface area contributed by atoms with Crippen LogP contribution in [-0.2, 0) is 0 Å². The summed E-state index contributed by atoms with van der Waals surface area (Å²) in [5, 5.41) is 3.41. The average molecular weight is 291 g/mol. The molecule has 1 unspecified atom stereocenters. The fourth-order valence-corrected chi connectivity index (χ4v) is 3.10. The van der Waals surface area contributed by atoms with Crippen LogP contribution in [0.15, 0.2) is 12.4 Å². The van der Waals surface area contributed by atoms with E-state index in [9.17, 15) is 0 Å². The molecule has 21 heavy (non-hydrogen) atoms. The zero-order chi connectivity index (χ0) is 14.7. The SMILES string of the molecule is CC(C)Oc1cc(N2CCC(N3CCNCC3)C2)ncn1. The molecule has 1 atom stereocenters. The summed E-state index contributed by atoms with van der Waals surface area (Å²) in [6.07, 6.45) is 2.95. The van der Waals surface area contributed by atoms with Crippen molar-refractivity contribution < 1.29 is 4.74 Å². The van der Waals surface area contributed by atoms with Gasteiger partial charge in [0.2, 0.25) is 5.88 Å². The highest BCUT2D eigenvalue weighted by Crippen LogP contribution is 2.23. The number of piperazine rings is 1. The first-order chi connectivity index (χ1) is 10.2. The minimum Gasteiger partial charge on any atom is -0.475 e. The second-order valence-corrected chi connectivity index (χ2v) is 6.06. The van der Waals surface area contributed by atoms with Crippen LogP contribution in [0.4, 0.5) is 5.82 Å². The number of hydrogen-bond acceptors (Lipinski definition) is 6. The second kappa shape index (κ2) is 6.58. The molecule has 0 amide bonds. The van der Waals surface area contributed by atoms with Crippen LogP contribution in [-0.4, -0.2) is 66.3 Å². The lowest BCUT2D eigenvalue weighted by Gasteiger charge is -2.32. The fraction of sp³-hybridized carbons (Fsp3) is 0.733. The van der Waals surface area contributed by atoms with E-state index < -0.39 is 0 Å². The summed E-state index contributed by atoms with van der Waals surface area (Å²) in [4.78, 5) is 13.5. The van der Waals surface area contributed by atoms with E-state index in [1.165, 1.54) is 6.42 Å². The molecule has 1 aromatic heterocycles. The Morgan fingerprint density at radius 2 is 2.05 bits per heavy atom. The quantitative estimate of drug-likeness (QED) is 0.883. The minimum atomic E-state index is 0.139. The van der Waals surface area contributed by atoms with Crippen LogP contribution in [0.5, 0.6) is 5.88 Å². The van der Waals surface area contributed by atoms with Gasteiger partial charge in [-0.25, -0.2) is 9.97 Å². The van der Waals surface area contributed by atoms with Gasteiger partial charge >= 0.3 is 0 Å². The summed E-state index contributed by atoms with van der Waals surface area (Å²) in [7, 11) is 0. The summed E-state index contributed by atoms with van der Waals surface area (Å²) < 4.78 is 5.66. The first-order valence-electron chi connectivity index (χ1n) is 7.91. The van der Waals surface area contributed by atoms with Crippen molar-refractivity contribution in [1.82, 2.24) is 20.2 Å². The minimum absolute atomic E-state index is 0.139. The third-order valence-electron chi connectivity index (χ3n) is 4.14. The number of rotatable bonds is 4. The largest absolute Gasteiger partial charge is 0.475 e. The molecule has 0 aliphatic carbocycles. The van der Waals surface area contributed by atoms with Gasteiger partial charge in [0.1, 0.15) is 12.1 Å². The van der Waals surface area contributed by atoms with Crippen LogP contribution in [0, 0.1) is 0 Å². The van der Waals surface area contributed by atoms with Crippen molar-refractivity contribution in [2.75, 3.05) is 44.2 Å². The van der Waals surface area contributed by atoms with E-state index >= 15 is 0 Å². The van der Waals surface area contributed by atoms with Crippen molar-refractivity contribution in [1.29, 1.82) is 0 Å². The summed E-state index contributed by atoms with van der Waals surface area (Å²) >= 11 is 0. The van der Waals surface area contributed by atoms with Crippen LogP contribution < -0.4 is 15.0 Å². The molecule has 0 bridgehead atoms. The van der Waals surface area contributed by atoms with Gasteiger partial charge in [-0.2, -0.15) is 0 Å². The highest BCUT2D eigenvalue weighted by molar-refractivity contribution is 5.42. The van der Waals surface area contributed by atoms with Crippen molar-refractivity contribution in [2.24, 2.45) is 0 Å². The lowest BCUT2D eigenvalue weighted by Crippen LogP contribution is -2.49. The van der Waals surface area contributed by atoms with Crippen LogP contribution in [0.2, 0.25) is 0 Å². The molecule has 0 spiro atoms. The second-order valence-electron chi connectivity index (χ2n) is 6.06. The predicted octanol–water partition coefficient (Wildman–Crippen LogP) is 0.748. The van der Waals surface area contributed by atoms with Gasteiger partial charge in [-0.05, 0) is 20.3 Å². The number of anilines is 1. The maximum atomic E-state index is 5.66. The predicted molar refractivity (Wildman–Crippen MR) is 82.9 cm³/mol. The zero-order valence-electron chi connectivity index (χ0n) is 13.0. The molecular formula is C15H25N5O. The van der Waals surface area contributed by atoms with Gasteiger partial charge < -0.3 is 15.0 Å². The normalized spacial score (nSPS) is 23.8. The summed E-state index contributed by atoms with van der Waals surface area (Å²) in [5.74, 6) is 1.65. The fourth-order valence-electron chi connectivity index (χ4n) is 3.10. The van der Waals surface area contributed by atoms with E-state index in [1.54, 1.807) is 6.33 Å². The number of aromatic nitrogens is 2. The lowest BCUT2D eigenvalue weighted by molar-refractivity contribution is 0.185. The molecule has 116 valence electrons. The van der Waals surface area contributed by atoms with E-state index in [1.807, 2.05) is 19.9 Å². The molecule has 3 heterocycles. The van der Waals surface area contributed by atoms with Crippen molar-refractivity contribution >= 4 is 5.82 Å². The third kappa shape index (κ3) is 3.63. The molecule has 3 rings (SSSR count). The van der Waals surface area contributed by atoms with Gasteiger partial charge in [-0.3, -0.25) is 4.90 Å². The molecule has 1 N–H and O–H groups in total. The van der Waals surface area contributed by atoms with E-state index in [-0.39, 0.29) is 6.10 Å². The Balaban J connectivity index is 1.62. The van der Waals surface area contributed by atoms with Crippen molar-refractivity contribution in [3.63, 3.8) is 0 Å². The van der Waals surface area contributed by atoms with Crippen LogP contribution >= 0.6 is 0 Å². The van der Waals surface area contributed by atoms with E-state index in [0.29, 0.717) is 11.9 Å². The maximum Gasteiger partial charge on any atom is 0.218 e. The Bertz CT molecular complexity index is 461. The smallest absolute Gasteiger partial charge is 0.218 e. The molecule has 2 aliphatic heterocycles. The molecule has 1 aromatic rings. The third-order valence-corrected chi connectivity index (χ3v) is 4.14. The van der Waals surface area contributed by atoms with Crippen molar-refractivity contribution in [3.8, 4) is 5.88 Å². The molecule has 0 aromatic carbocycles. The topological polar surface area (TPSA) is 53.5 Å². The van der Waals surface area contributed by atoms with Crippen LogP contribution in [0.25, 0.3) is 0 Å². The van der Waals surface area contributed by atoms with Gasteiger partial charge in [-0.1, -0.05) is 0 Å². The molecule has 2 fully saturated rings. The Labute approximate surface area is 126 Å². The standard InChI is InChI=1S/C15H25N5O/c1-12(2)21-15-9-14(17-11-18-15)20-6-3-13(10-20)19-7-4-16-5-8-19/h9,11-13,16H,3-8,10H2,1-2H3.